The molecule has 0 aromatic heterocycles. The van der Waals surface area contributed by atoms with Crippen LogP contribution in [0.15, 0.2) is 48.5 Å². The van der Waals surface area contributed by atoms with Gasteiger partial charge < -0.3 is 32.3 Å². The van der Waals surface area contributed by atoms with Gasteiger partial charge in [-0.2, -0.15) is 0 Å². The second-order valence-corrected chi connectivity index (χ2v) is 12.7. The molecule has 232 valence electrons. The first-order chi connectivity index (χ1) is 20.1. The maximum atomic E-state index is 13.9. The maximum Gasteiger partial charge on any atom is 0.240 e. The van der Waals surface area contributed by atoms with E-state index in [4.69, 9.17) is 40.4 Å². The number of hydrogen-bond donors (Lipinski definition) is 4. The van der Waals surface area contributed by atoms with E-state index in [1.807, 2.05) is 58.3 Å². The minimum absolute atomic E-state index is 0.0808. The minimum Gasteiger partial charge on any atom is -0.335 e. The summed E-state index contributed by atoms with van der Waals surface area (Å²) >= 11 is 12.1. The number of nitrogens with one attached hydrogen (secondary N) is 1. The van der Waals surface area contributed by atoms with E-state index >= 15 is 0 Å². The second-order valence-electron chi connectivity index (χ2n) is 11.8. The number of unbranched alkanes of at least 4 members (excludes halogenated alkanes) is 1. The number of carbonyl (C=O) groups is 2. The number of halogens is 2. The number of carbonyl (C=O) groups excluding carboxylic acids is 2. The Hall–Kier alpha value is -2.20. The van der Waals surface area contributed by atoms with Crippen LogP contribution in [-0.4, -0.2) is 78.5 Å². The standard InChI is InChI=1S/C32H48Cl2N6O2/c1-22(2)17-28-21-39(31(41)29(36)18-23-6-10-25(33)11-7-23)27(5-3-4-15-38-16-14-35)20-40(28)32(42)30(37)19-24-8-12-26(34)13-9-24/h6-13,22,27-30,38H,3-5,14-21,35-37H2,1-2H3/t27?,28-,29?,30?/m1/s1. The average Bonchev–Trinajstić information content (AvgIpc) is 2.96. The van der Waals surface area contributed by atoms with Gasteiger partial charge in [-0.25, -0.2) is 0 Å². The van der Waals surface area contributed by atoms with Crippen molar-refractivity contribution in [1.29, 1.82) is 0 Å². The molecule has 0 spiro atoms. The predicted molar refractivity (Wildman–Crippen MR) is 172 cm³/mol. The first kappa shape index (κ1) is 34.3. The lowest BCUT2D eigenvalue weighted by atomic mass is 9.93. The Kier molecular flexibility index (Phi) is 14.0. The normalized spacial score (nSPS) is 18.8. The highest BCUT2D eigenvalue weighted by atomic mass is 35.5. The Labute approximate surface area is 261 Å². The summed E-state index contributed by atoms with van der Waals surface area (Å²) < 4.78 is 0. The molecule has 1 aliphatic heterocycles. The third-order valence-electron chi connectivity index (χ3n) is 7.84. The molecule has 7 N–H and O–H groups in total. The van der Waals surface area contributed by atoms with Crippen LogP contribution < -0.4 is 22.5 Å². The van der Waals surface area contributed by atoms with Crippen molar-refractivity contribution >= 4 is 35.0 Å². The van der Waals surface area contributed by atoms with E-state index in [1.165, 1.54) is 0 Å². The van der Waals surface area contributed by atoms with Crippen LogP contribution in [0.5, 0.6) is 0 Å². The van der Waals surface area contributed by atoms with Crippen molar-refractivity contribution in [3.8, 4) is 0 Å². The summed E-state index contributed by atoms with van der Waals surface area (Å²) in [6.45, 7) is 7.39. The van der Waals surface area contributed by atoms with Gasteiger partial charge in [0.15, 0.2) is 0 Å². The fraction of sp³-hybridized carbons (Fsp3) is 0.562. The number of piperazine rings is 1. The Bertz CT molecular complexity index is 1110. The predicted octanol–water partition coefficient (Wildman–Crippen LogP) is 3.61. The summed E-state index contributed by atoms with van der Waals surface area (Å²) in [5.74, 6) is 0.174. The zero-order chi connectivity index (χ0) is 30.6. The molecule has 2 aromatic carbocycles. The first-order valence-electron chi connectivity index (χ1n) is 15.1. The summed E-state index contributed by atoms with van der Waals surface area (Å²) in [6.07, 6.45) is 4.25. The van der Waals surface area contributed by atoms with Gasteiger partial charge >= 0.3 is 0 Å². The molecule has 2 amide bonds. The topological polar surface area (TPSA) is 131 Å². The van der Waals surface area contributed by atoms with E-state index in [2.05, 4.69) is 19.2 Å². The number of nitrogens with zero attached hydrogens (tertiary/aromatic N) is 2. The molecule has 0 aliphatic carbocycles. The fourth-order valence-electron chi connectivity index (χ4n) is 5.69. The van der Waals surface area contributed by atoms with E-state index in [0.717, 1.165) is 49.9 Å². The third kappa shape index (κ3) is 10.5. The van der Waals surface area contributed by atoms with Gasteiger partial charge in [-0.15, -0.1) is 0 Å². The van der Waals surface area contributed by atoms with Gasteiger partial charge in [-0.05, 0) is 80.0 Å². The van der Waals surface area contributed by atoms with Gasteiger partial charge in [-0.1, -0.05) is 67.7 Å². The van der Waals surface area contributed by atoms with Crippen molar-refractivity contribution in [3.63, 3.8) is 0 Å². The van der Waals surface area contributed by atoms with E-state index < -0.39 is 12.1 Å². The lowest BCUT2D eigenvalue weighted by Gasteiger charge is -2.48. The Morgan fingerprint density at radius 2 is 1.29 bits per heavy atom. The molecule has 3 unspecified atom stereocenters. The number of nitrogens with two attached hydrogens (primary N) is 3. The quantitative estimate of drug-likeness (QED) is 0.226. The highest BCUT2D eigenvalue weighted by molar-refractivity contribution is 6.30. The number of benzene rings is 2. The Morgan fingerprint density at radius 1 is 0.810 bits per heavy atom. The van der Waals surface area contributed by atoms with Gasteiger partial charge in [0.2, 0.25) is 11.8 Å². The summed E-state index contributed by atoms with van der Waals surface area (Å²) in [7, 11) is 0. The minimum atomic E-state index is -0.686. The molecule has 2 aromatic rings. The van der Waals surface area contributed by atoms with Crippen molar-refractivity contribution in [2.45, 2.75) is 76.5 Å². The van der Waals surface area contributed by atoms with E-state index in [0.29, 0.717) is 48.4 Å². The van der Waals surface area contributed by atoms with E-state index in [-0.39, 0.29) is 23.9 Å². The fourth-order valence-corrected chi connectivity index (χ4v) is 5.94. The van der Waals surface area contributed by atoms with Gasteiger partial charge in [0.05, 0.1) is 12.1 Å². The molecule has 1 fully saturated rings. The van der Waals surface area contributed by atoms with Crippen LogP contribution in [-0.2, 0) is 22.4 Å². The summed E-state index contributed by atoms with van der Waals surface area (Å²) in [5.41, 5.74) is 20.5. The Balaban J connectivity index is 1.78. The smallest absolute Gasteiger partial charge is 0.240 e. The summed E-state index contributed by atoms with van der Waals surface area (Å²) in [5, 5.41) is 4.62. The SMILES string of the molecule is CC(C)C[C@@H]1CN(C(=O)C(N)Cc2ccc(Cl)cc2)C(CCCCNCCN)CN1C(=O)C(N)Cc1ccc(Cl)cc1. The first-order valence-corrected chi connectivity index (χ1v) is 15.9. The zero-order valence-corrected chi connectivity index (χ0v) is 26.5. The van der Waals surface area contributed by atoms with Gasteiger partial charge in [0.25, 0.3) is 0 Å². The molecule has 1 saturated heterocycles. The van der Waals surface area contributed by atoms with Crippen molar-refractivity contribution in [3.05, 3.63) is 69.7 Å². The van der Waals surface area contributed by atoms with Crippen LogP contribution in [0.3, 0.4) is 0 Å². The van der Waals surface area contributed by atoms with Crippen LogP contribution in [0.1, 0.15) is 50.7 Å². The molecular formula is C32H48Cl2N6O2. The van der Waals surface area contributed by atoms with Crippen molar-refractivity contribution < 1.29 is 9.59 Å². The van der Waals surface area contributed by atoms with Gasteiger partial charge in [0, 0.05) is 48.3 Å². The third-order valence-corrected chi connectivity index (χ3v) is 8.34. The van der Waals surface area contributed by atoms with Crippen molar-refractivity contribution in [1.82, 2.24) is 15.1 Å². The molecule has 0 bridgehead atoms. The molecule has 0 radical (unpaired) electrons. The molecule has 1 heterocycles. The molecule has 8 nitrogen and oxygen atoms in total. The highest BCUT2D eigenvalue weighted by Gasteiger charge is 2.40. The second kappa shape index (κ2) is 17.2. The molecule has 3 rings (SSSR count). The number of amides is 2. The van der Waals surface area contributed by atoms with Crippen LogP contribution in [0.2, 0.25) is 10.0 Å². The molecular weight excluding hydrogens is 571 g/mol. The monoisotopic (exact) mass is 618 g/mol. The average molecular weight is 620 g/mol. The van der Waals surface area contributed by atoms with Gasteiger partial charge in [0.1, 0.15) is 0 Å². The van der Waals surface area contributed by atoms with Crippen LogP contribution >= 0.6 is 23.2 Å². The molecule has 0 saturated carbocycles. The van der Waals surface area contributed by atoms with Crippen LogP contribution in [0, 0.1) is 5.92 Å². The zero-order valence-electron chi connectivity index (χ0n) is 25.0. The lowest BCUT2D eigenvalue weighted by molar-refractivity contribution is -0.149. The van der Waals surface area contributed by atoms with Crippen LogP contribution in [0.4, 0.5) is 0 Å². The summed E-state index contributed by atoms with van der Waals surface area (Å²) in [4.78, 5) is 31.6. The van der Waals surface area contributed by atoms with Crippen molar-refractivity contribution in [2.24, 2.45) is 23.1 Å². The largest absolute Gasteiger partial charge is 0.335 e. The van der Waals surface area contributed by atoms with Gasteiger partial charge in [-0.3, -0.25) is 9.59 Å². The Morgan fingerprint density at radius 3 is 1.76 bits per heavy atom. The number of hydrogen-bond acceptors (Lipinski definition) is 6. The van der Waals surface area contributed by atoms with E-state index in [9.17, 15) is 9.59 Å². The lowest BCUT2D eigenvalue weighted by Crippen LogP contribution is -2.65. The molecule has 1 aliphatic rings. The molecule has 42 heavy (non-hydrogen) atoms. The summed E-state index contributed by atoms with van der Waals surface area (Å²) in [6, 6.07) is 13.2. The number of rotatable bonds is 15. The highest BCUT2D eigenvalue weighted by Crippen LogP contribution is 2.26. The van der Waals surface area contributed by atoms with E-state index in [1.54, 1.807) is 0 Å². The maximum absolute atomic E-state index is 13.9. The molecule has 4 atom stereocenters. The van der Waals surface area contributed by atoms with Crippen LogP contribution in [0.25, 0.3) is 0 Å². The van der Waals surface area contributed by atoms with Crippen molar-refractivity contribution in [2.75, 3.05) is 32.7 Å². The molecule has 10 heteroatoms.